The first kappa shape index (κ1) is 12.1. The molecule has 0 aromatic heterocycles. The zero-order valence-corrected chi connectivity index (χ0v) is 9.32. The zero-order chi connectivity index (χ0) is 12.1. The van der Waals surface area contributed by atoms with E-state index in [0.717, 1.165) is 5.92 Å². The highest BCUT2D eigenvalue weighted by Gasteiger charge is 2.23. The maximum atomic E-state index is 12.9. The third-order valence-electron chi connectivity index (χ3n) is 2.49. The average Bonchev–Trinajstić information content (AvgIpc) is 2.82. The molecule has 17 heavy (non-hydrogen) atoms. The second-order valence-corrected chi connectivity index (χ2v) is 3.78. The molecule has 1 aromatic rings. The molecule has 1 N–H and O–H groups in total. The smallest absolute Gasteiger partial charge is 0.142 e. The Labute approximate surface area is 101 Å². The second kappa shape index (κ2) is 5.80. The van der Waals surface area contributed by atoms with Crippen LogP contribution in [0.5, 0.6) is 0 Å². The van der Waals surface area contributed by atoms with E-state index in [1.807, 2.05) is 12.8 Å². The number of anilines is 1. The highest BCUT2D eigenvalue weighted by molar-refractivity contribution is 5.97. The van der Waals surface area contributed by atoms with Crippen molar-refractivity contribution in [3.05, 3.63) is 61.7 Å². The topological polar surface area (TPSA) is 29.1 Å². The minimum Gasteiger partial charge on any atom is -0.385 e. The van der Waals surface area contributed by atoms with Crippen LogP contribution in [0, 0.1) is 37.4 Å². The van der Waals surface area contributed by atoms with Gasteiger partial charge < -0.3 is 5.32 Å². The van der Waals surface area contributed by atoms with Crippen LogP contribution in [0.3, 0.4) is 0 Å². The summed E-state index contributed by atoms with van der Waals surface area (Å²) < 4.78 is 12.9. The molecule has 2 nitrogen and oxygen atoms in total. The summed E-state index contributed by atoms with van der Waals surface area (Å²) in [7, 11) is 0. The van der Waals surface area contributed by atoms with Crippen LogP contribution in [-0.4, -0.2) is 12.3 Å². The third-order valence-corrected chi connectivity index (χ3v) is 2.49. The van der Waals surface area contributed by atoms with Gasteiger partial charge in [0, 0.05) is 24.6 Å². The fraction of sp³-hybridized carbons (Fsp3) is 0.143. The van der Waals surface area contributed by atoms with Gasteiger partial charge in [0.1, 0.15) is 11.6 Å². The quantitative estimate of drug-likeness (QED) is 0.842. The molecular formula is C14H13FNO. The number of ketones is 1. The van der Waals surface area contributed by atoms with Crippen molar-refractivity contribution in [1.29, 1.82) is 0 Å². The van der Waals surface area contributed by atoms with Crippen LogP contribution in [0.25, 0.3) is 0 Å². The van der Waals surface area contributed by atoms with Crippen molar-refractivity contribution in [2.45, 2.75) is 6.42 Å². The van der Waals surface area contributed by atoms with E-state index in [2.05, 4.69) is 5.32 Å². The summed E-state index contributed by atoms with van der Waals surface area (Å²) in [4.78, 5) is 11.6. The number of carbonyl (C=O) groups excluding carboxylic acids is 1. The van der Waals surface area contributed by atoms with E-state index in [1.54, 1.807) is 25.0 Å². The van der Waals surface area contributed by atoms with Crippen molar-refractivity contribution in [2.75, 3.05) is 11.9 Å². The lowest BCUT2D eigenvalue weighted by Gasteiger charge is -2.08. The highest BCUT2D eigenvalue weighted by atomic mass is 19.1. The summed E-state index contributed by atoms with van der Waals surface area (Å²) in [5, 5.41) is 3.02. The van der Waals surface area contributed by atoms with E-state index < -0.39 is 0 Å². The second-order valence-electron chi connectivity index (χ2n) is 3.78. The number of halogens is 1. The molecule has 0 bridgehead atoms. The third kappa shape index (κ3) is 3.55. The monoisotopic (exact) mass is 230 g/mol. The minimum atomic E-state index is -0.280. The normalized spacial score (nSPS) is 16.1. The number of Topliss-reactive ketones (excluding diaryl/α,β-unsaturated/α-hetero) is 1. The van der Waals surface area contributed by atoms with Gasteiger partial charge in [-0.1, -0.05) is 6.07 Å². The van der Waals surface area contributed by atoms with Gasteiger partial charge in [0.15, 0.2) is 0 Å². The van der Waals surface area contributed by atoms with Crippen LogP contribution in [0.2, 0.25) is 0 Å². The molecule has 0 spiro atoms. The molecule has 0 saturated heterocycles. The molecule has 5 radical (unpaired) electrons. The molecule has 0 amide bonds. The van der Waals surface area contributed by atoms with E-state index in [9.17, 15) is 9.18 Å². The van der Waals surface area contributed by atoms with Crippen molar-refractivity contribution in [3.63, 3.8) is 0 Å². The number of benzene rings is 1. The van der Waals surface area contributed by atoms with E-state index >= 15 is 0 Å². The molecule has 0 aliphatic heterocycles. The van der Waals surface area contributed by atoms with Gasteiger partial charge in [0.2, 0.25) is 0 Å². The fourth-order valence-corrected chi connectivity index (χ4v) is 1.62. The van der Waals surface area contributed by atoms with Crippen molar-refractivity contribution in [1.82, 2.24) is 0 Å². The van der Waals surface area contributed by atoms with Gasteiger partial charge in [0.25, 0.3) is 0 Å². The summed E-state index contributed by atoms with van der Waals surface area (Å²) in [6, 6.07) is 6.21. The number of hydrogen-bond acceptors (Lipinski definition) is 2. The predicted molar refractivity (Wildman–Crippen MR) is 65.0 cm³/mol. The molecule has 0 heterocycles. The Morgan fingerprint density at radius 1 is 1.24 bits per heavy atom. The summed E-state index contributed by atoms with van der Waals surface area (Å²) in [6.07, 6.45) is 7.68. The number of nitrogens with one attached hydrogen (secondary N) is 1. The average molecular weight is 230 g/mol. The van der Waals surface area contributed by atoms with Crippen LogP contribution >= 0.6 is 0 Å². The molecule has 1 saturated carbocycles. The van der Waals surface area contributed by atoms with E-state index in [4.69, 9.17) is 0 Å². The Kier molecular flexibility index (Phi) is 4.13. The van der Waals surface area contributed by atoms with Gasteiger partial charge in [-0.2, -0.15) is 0 Å². The van der Waals surface area contributed by atoms with Crippen molar-refractivity contribution >= 4 is 11.5 Å². The van der Waals surface area contributed by atoms with E-state index in [1.165, 1.54) is 12.1 Å². The first-order chi connectivity index (χ1) is 8.25. The van der Waals surface area contributed by atoms with Gasteiger partial charge in [-0.05, 0) is 43.9 Å². The number of hydrogen-bond donors (Lipinski definition) is 1. The van der Waals surface area contributed by atoms with E-state index in [-0.39, 0.29) is 11.6 Å². The first-order valence-corrected chi connectivity index (χ1v) is 5.50. The Morgan fingerprint density at radius 2 is 2.00 bits per heavy atom. The molecule has 1 aromatic carbocycles. The van der Waals surface area contributed by atoms with Crippen molar-refractivity contribution in [2.24, 2.45) is 0 Å². The molecule has 87 valence electrons. The molecule has 2 rings (SSSR count). The maximum absolute atomic E-state index is 12.9. The Morgan fingerprint density at radius 3 is 2.71 bits per heavy atom. The van der Waals surface area contributed by atoms with Crippen LogP contribution in [0.15, 0.2) is 24.3 Å². The molecular weight excluding hydrogens is 217 g/mol. The lowest BCUT2D eigenvalue weighted by molar-refractivity contribution is -0.116. The minimum absolute atomic E-state index is 0.0962. The summed E-state index contributed by atoms with van der Waals surface area (Å²) in [5.74, 6) is 0.544. The molecule has 0 unspecified atom stereocenters. The summed E-state index contributed by atoms with van der Waals surface area (Å²) in [5.41, 5.74) is 0.695. The van der Waals surface area contributed by atoms with Gasteiger partial charge in [-0.15, -0.1) is 0 Å². The van der Waals surface area contributed by atoms with Gasteiger partial charge in [-0.25, -0.2) is 4.39 Å². The predicted octanol–water partition coefficient (Wildman–Crippen LogP) is 2.60. The number of rotatable bonds is 5. The van der Waals surface area contributed by atoms with Gasteiger partial charge >= 0.3 is 0 Å². The zero-order valence-electron chi connectivity index (χ0n) is 9.32. The standard InChI is InChI=1S/C14H13FNO/c15-12-6-3-7-13(10-12)16-9-8-14(17)11-4-1-2-5-11/h1-7,10,16H,8-9H2. The lowest BCUT2D eigenvalue weighted by Crippen LogP contribution is -2.14. The maximum Gasteiger partial charge on any atom is 0.142 e. The SMILES string of the molecule is O=C(CCNc1cccc(F)c1)[C]1[CH][CH][CH][CH]1. The largest absolute Gasteiger partial charge is 0.385 e. The van der Waals surface area contributed by atoms with Gasteiger partial charge in [0.05, 0.1) is 0 Å². The van der Waals surface area contributed by atoms with Gasteiger partial charge in [-0.3, -0.25) is 4.79 Å². The number of carbonyl (C=O) groups is 1. The highest BCUT2D eigenvalue weighted by Crippen LogP contribution is 2.24. The molecule has 1 aliphatic rings. The fourth-order valence-electron chi connectivity index (χ4n) is 1.62. The summed E-state index contributed by atoms with van der Waals surface area (Å²) >= 11 is 0. The first-order valence-electron chi connectivity index (χ1n) is 5.50. The van der Waals surface area contributed by atoms with Crippen LogP contribution in [-0.2, 0) is 4.79 Å². The molecule has 0 atom stereocenters. The van der Waals surface area contributed by atoms with Crippen molar-refractivity contribution < 1.29 is 9.18 Å². The van der Waals surface area contributed by atoms with Crippen molar-refractivity contribution in [3.8, 4) is 0 Å². The summed E-state index contributed by atoms with van der Waals surface area (Å²) in [6.45, 7) is 0.507. The molecule has 1 aliphatic carbocycles. The lowest BCUT2D eigenvalue weighted by atomic mass is 10.0. The Hall–Kier alpha value is -1.38. The molecule has 1 fully saturated rings. The van der Waals surface area contributed by atoms with E-state index in [0.29, 0.717) is 18.7 Å². The van der Waals surface area contributed by atoms with Crippen LogP contribution in [0.1, 0.15) is 6.42 Å². The Balaban J connectivity index is 1.73. The van der Waals surface area contributed by atoms with Crippen LogP contribution in [0.4, 0.5) is 10.1 Å². The van der Waals surface area contributed by atoms with Crippen LogP contribution < -0.4 is 5.32 Å². The Bertz CT molecular complexity index is 386. The molecule has 3 heteroatoms.